The molecule has 6 heteroatoms. The number of nitrogens with one attached hydrogen (secondary N) is 1. The second kappa shape index (κ2) is 5.13. The summed E-state index contributed by atoms with van der Waals surface area (Å²) < 4.78 is 19.3. The van der Waals surface area contributed by atoms with E-state index < -0.39 is 10.7 Å². The van der Waals surface area contributed by atoms with E-state index >= 15 is 0 Å². The Labute approximate surface area is 110 Å². The van der Waals surface area contributed by atoms with Gasteiger partial charge in [0.15, 0.2) is 5.82 Å². The Morgan fingerprint density at radius 3 is 2.89 bits per heavy atom. The number of halogens is 1. The number of anilines is 1. The summed E-state index contributed by atoms with van der Waals surface area (Å²) in [4.78, 5) is 10.3. The zero-order valence-electron chi connectivity index (χ0n) is 11.0. The number of nitrogens with zero attached hydrogens (tertiary/aromatic N) is 1. The van der Waals surface area contributed by atoms with E-state index in [0.29, 0.717) is 19.4 Å². The normalized spacial score (nSPS) is 21.9. The van der Waals surface area contributed by atoms with Crippen molar-refractivity contribution in [3.05, 3.63) is 34.1 Å². The van der Waals surface area contributed by atoms with Crippen LogP contribution in [0.4, 0.5) is 15.8 Å². The topological polar surface area (TPSA) is 64.4 Å². The number of para-hydroxylation sites is 1. The van der Waals surface area contributed by atoms with Gasteiger partial charge in [0.05, 0.1) is 10.5 Å². The van der Waals surface area contributed by atoms with Crippen molar-refractivity contribution in [1.82, 2.24) is 0 Å². The maximum atomic E-state index is 13.8. The van der Waals surface area contributed by atoms with Crippen molar-refractivity contribution >= 4 is 11.4 Å². The van der Waals surface area contributed by atoms with E-state index in [0.717, 1.165) is 0 Å². The molecule has 0 radical (unpaired) electrons. The Kier molecular flexibility index (Phi) is 3.71. The van der Waals surface area contributed by atoms with Crippen molar-refractivity contribution in [2.45, 2.75) is 38.3 Å². The predicted octanol–water partition coefficient (Wildman–Crippen LogP) is 3.10. The summed E-state index contributed by atoms with van der Waals surface area (Å²) in [5.74, 6) is -0.599. The number of nitro benzene ring substituents is 1. The quantitative estimate of drug-likeness (QED) is 0.675. The van der Waals surface area contributed by atoms with E-state index in [9.17, 15) is 14.5 Å². The van der Waals surface area contributed by atoms with Crippen molar-refractivity contribution in [2.75, 3.05) is 11.9 Å². The molecule has 1 heterocycles. The number of rotatable bonds is 3. The lowest BCUT2D eigenvalue weighted by Crippen LogP contribution is -2.40. The average molecular weight is 268 g/mol. The molecule has 1 aliphatic rings. The van der Waals surface area contributed by atoms with Crippen LogP contribution in [0.25, 0.3) is 0 Å². The third-order valence-corrected chi connectivity index (χ3v) is 3.23. The zero-order valence-corrected chi connectivity index (χ0v) is 11.0. The van der Waals surface area contributed by atoms with Gasteiger partial charge in [0.1, 0.15) is 5.69 Å². The van der Waals surface area contributed by atoms with Gasteiger partial charge in [-0.05, 0) is 32.8 Å². The molecule has 19 heavy (non-hydrogen) atoms. The molecule has 0 aromatic heterocycles. The fourth-order valence-corrected chi connectivity index (χ4v) is 2.37. The Hall–Kier alpha value is -1.69. The lowest BCUT2D eigenvalue weighted by Gasteiger charge is -2.36. The van der Waals surface area contributed by atoms with Gasteiger partial charge >= 0.3 is 0 Å². The molecule has 1 saturated heterocycles. The van der Waals surface area contributed by atoms with Crippen molar-refractivity contribution < 1.29 is 14.1 Å². The van der Waals surface area contributed by atoms with Crippen molar-refractivity contribution in [3.8, 4) is 0 Å². The van der Waals surface area contributed by atoms with Gasteiger partial charge in [-0.1, -0.05) is 6.07 Å². The third-order valence-electron chi connectivity index (χ3n) is 3.23. The molecule has 0 bridgehead atoms. The summed E-state index contributed by atoms with van der Waals surface area (Å²) in [5.41, 5.74) is -0.560. The van der Waals surface area contributed by atoms with Crippen LogP contribution >= 0.6 is 0 Å². The first-order valence-electron chi connectivity index (χ1n) is 6.22. The smallest absolute Gasteiger partial charge is 0.295 e. The monoisotopic (exact) mass is 268 g/mol. The van der Waals surface area contributed by atoms with Gasteiger partial charge in [0.2, 0.25) is 0 Å². The molecule has 1 aromatic carbocycles. The van der Waals surface area contributed by atoms with E-state index in [2.05, 4.69) is 5.32 Å². The first kappa shape index (κ1) is 13.7. The molecule has 5 nitrogen and oxygen atoms in total. The molecule has 0 aliphatic carbocycles. The minimum Gasteiger partial charge on any atom is -0.375 e. The van der Waals surface area contributed by atoms with Crippen LogP contribution in [0, 0.1) is 15.9 Å². The number of ether oxygens (including phenoxy) is 1. The molecule has 0 saturated carbocycles. The minimum atomic E-state index is -0.599. The maximum Gasteiger partial charge on any atom is 0.295 e. The fourth-order valence-electron chi connectivity index (χ4n) is 2.37. The summed E-state index contributed by atoms with van der Waals surface area (Å²) in [6, 6.07) is 3.83. The van der Waals surface area contributed by atoms with Crippen LogP contribution in [-0.4, -0.2) is 23.2 Å². The lowest BCUT2D eigenvalue weighted by molar-refractivity contribution is -0.384. The van der Waals surface area contributed by atoms with Gasteiger partial charge in [0, 0.05) is 18.7 Å². The van der Waals surface area contributed by atoms with Crippen LogP contribution < -0.4 is 5.32 Å². The van der Waals surface area contributed by atoms with E-state index in [-0.39, 0.29) is 23.0 Å². The number of nitro groups is 1. The Morgan fingerprint density at radius 1 is 1.53 bits per heavy atom. The van der Waals surface area contributed by atoms with Crippen LogP contribution in [0.15, 0.2) is 18.2 Å². The van der Waals surface area contributed by atoms with E-state index in [1.165, 1.54) is 18.2 Å². The summed E-state index contributed by atoms with van der Waals surface area (Å²) >= 11 is 0. The van der Waals surface area contributed by atoms with Gasteiger partial charge in [0.25, 0.3) is 5.69 Å². The highest BCUT2D eigenvalue weighted by Gasteiger charge is 2.30. The number of benzene rings is 1. The van der Waals surface area contributed by atoms with Crippen LogP contribution in [0.1, 0.15) is 26.7 Å². The van der Waals surface area contributed by atoms with Crippen molar-refractivity contribution in [2.24, 2.45) is 0 Å². The molecule has 0 amide bonds. The zero-order chi connectivity index (χ0) is 14.0. The number of hydrogen-bond acceptors (Lipinski definition) is 4. The highest BCUT2D eigenvalue weighted by molar-refractivity contribution is 5.62. The van der Waals surface area contributed by atoms with E-state index in [1.807, 2.05) is 13.8 Å². The van der Waals surface area contributed by atoms with Crippen molar-refractivity contribution in [1.29, 1.82) is 0 Å². The Balaban J connectivity index is 2.21. The molecule has 1 N–H and O–H groups in total. The molecule has 1 unspecified atom stereocenters. The van der Waals surface area contributed by atoms with Gasteiger partial charge < -0.3 is 10.1 Å². The lowest BCUT2D eigenvalue weighted by atomic mass is 9.93. The molecule has 0 spiro atoms. The third kappa shape index (κ3) is 3.20. The van der Waals surface area contributed by atoms with Gasteiger partial charge in [-0.2, -0.15) is 0 Å². The summed E-state index contributed by atoms with van der Waals surface area (Å²) in [6.07, 6.45) is 1.38. The first-order valence-corrected chi connectivity index (χ1v) is 6.22. The van der Waals surface area contributed by atoms with Crippen LogP contribution in [0.3, 0.4) is 0 Å². The van der Waals surface area contributed by atoms with Gasteiger partial charge in [-0.15, -0.1) is 0 Å². The minimum absolute atomic E-state index is 0.0284. The molecule has 1 aromatic rings. The molecule has 104 valence electrons. The molecule has 1 fully saturated rings. The molecule has 1 atom stereocenters. The van der Waals surface area contributed by atoms with E-state index in [1.54, 1.807) is 0 Å². The van der Waals surface area contributed by atoms with E-state index in [4.69, 9.17) is 4.74 Å². The number of hydrogen-bond donors (Lipinski definition) is 1. The molecule has 1 aliphatic heterocycles. The van der Waals surface area contributed by atoms with Crippen LogP contribution in [-0.2, 0) is 4.74 Å². The predicted molar refractivity (Wildman–Crippen MR) is 69.7 cm³/mol. The maximum absolute atomic E-state index is 13.8. The largest absolute Gasteiger partial charge is 0.375 e. The summed E-state index contributed by atoms with van der Waals surface area (Å²) in [7, 11) is 0. The van der Waals surface area contributed by atoms with Gasteiger partial charge in [-0.25, -0.2) is 4.39 Å². The summed E-state index contributed by atoms with van der Waals surface area (Å²) in [5, 5.41) is 13.9. The molecular weight excluding hydrogens is 251 g/mol. The highest BCUT2D eigenvalue weighted by atomic mass is 19.1. The highest BCUT2D eigenvalue weighted by Crippen LogP contribution is 2.31. The Bertz CT molecular complexity index is 491. The molecule has 2 rings (SSSR count). The summed E-state index contributed by atoms with van der Waals surface area (Å²) in [6.45, 7) is 4.47. The molecular formula is C13H17FN2O3. The standard InChI is InChI=1S/C13H17FN2O3/c1-13(2)8-9(6-7-19-13)15-12-10(14)4-3-5-11(12)16(17)18/h3-5,9,15H,6-8H2,1-2H3. The van der Waals surface area contributed by atoms with Gasteiger partial charge in [-0.3, -0.25) is 10.1 Å². The SMILES string of the molecule is CC1(C)CC(Nc2c(F)cccc2[N+](=O)[O-])CCO1. The first-order chi connectivity index (χ1) is 8.89. The van der Waals surface area contributed by atoms with Crippen LogP contribution in [0.5, 0.6) is 0 Å². The second-order valence-corrected chi connectivity index (χ2v) is 5.33. The second-order valence-electron chi connectivity index (χ2n) is 5.33. The Morgan fingerprint density at radius 2 is 2.26 bits per heavy atom. The van der Waals surface area contributed by atoms with Crippen molar-refractivity contribution in [3.63, 3.8) is 0 Å². The fraction of sp³-hybridized carbons (Fsp3) is 0.538. The van der Waals surface area contributed by atoms with Crippen LogP contribution in [0.2, 0.25) is 0 Å². The average Bonchev–Trinajstić information content (AvgIpc) is 2.30.